The number of hydrogen-bond donors (Lipinski definition) is 1. The quantitative estimate of drug-likeness (QED) is 0.596. The molecule has 0 aliphatic heterocycles. The third kappa shape index (κ3) is 3.71. The van der Waals surface area contributed by atoms with Crippen LogP contribution in [0.1, 0.15) is 0 Å². The molecule has 0 saturated heterocycles. The first kappa shape index (κ1) is 22.0. The Morgan fingerprint density at radius 2 is 1.30 bits per heavy atom. The van der Waals surface area contributed by atoms with Crippen molar-refractivity contribution in [2.45, 2.75) is 20.9 Å². The van der Waals surface area contributed by atoms with Gasteiger partial charge < -0.3 is 4.98 Å². The highest BCUT2D eigenvalue weighted by molar-refractivity contribution is 9.10. The number of H-pyrrole nitrogens is 1. The van der Waals surface area contributed by atoms with Gasteiger partial charge in [0.1, 0.15) is 4.90 Å². The summed E-state index contributed by atoms with van der Waals surface area (Å²) in [5, 5.41) is -1.68. The topological polar surface area (TPSA) is 84.1 Å². The monoisotopic (exact) mass is 519 g/mol. The summed E-state index contributed by atoms with van der Waals surface area (Å²) in [6.07, 6.45) is 0. The van der Waals surface area contributed by atoms with Gasteiger partial charge in [-0.3, -0.25) is 0 Å². The molecule has 0 spiro atoms. The SMILES string of the molecule is O=S(=O)(c1[nH]c(-c2ccc(Cl)cc2)c(S(=O)(=O)C(F)(F)F)c1Br)C(F)(F)F. The molecule has 0 radical (unpaired) electrons. The molecule has 0 saturated carbocycles. The van der Waals surface area contributed by atoms with Gasteiger partial charge in [-0.15, -0.1) is 0 Å². The molecule has 2 rings (SSSR count). The number of rotatable bonds is 3. The standard InChI is InChI=1S/C12H5BrClF6NO4S2/c13-7-9(26(22,23)11(15,16)17)8(5-1-3-6(14)4-2-5)21-10(7)27(24,25)12(18,19)20/h1-4,21H. The normalized spacial score (nSPS) is 13.8. The molecule has 0 aliphatic carbocycles. The Bertz CT molecular complexity index is 1090. The molecule has 1 heterocycles. The minimum Gasteiger partial charge on any atom is -0.343 e. The van der Waals surface area contributed by atoms with E-state index in [1.807, 2.05) is 0 Å². The summed E-state index contributed by atoms with van der Waals surface area (Å²) in [6, 6.07) is 4.24. The fourth-order valence-electron chi connectivity index (χ4n) is 1.93. The molecule has 5 nitrogen and oxygen atoms in total. The van der Waals surface area contributed by atoms with Crippen LogP contribution in [-0.2, 0) is 19.7 Å². The Hall–Kier alpha value is -1.25. The molecule has 0 fully saturated rings. The minimum absolute atomic E-state index is 0.0905. The fraction of sp³-hybridized carbons (Fsp3) is 0.167. The van der Waals surface area contributed by atoms with Gasteiger partial charge in [0, 0.05) is 5.02 Å². The number of sulfone groups is 2. The summed E-state index contributed by atoms with van der Waals surface area (Å²) >= 11 is 7.86. The van der Waals surface area contributed by atoms with Crippen molar-refractivity contribution in [2.24, 2.45) is 0 Å². The van der Waals surface area contributed by atoms with E-state index in [0.29, 0.717) is 0 Å². The Morgan fingerprint density at radius 1 is 0.852 bits per heavy atom. The van der Waals surface area contributed by atoms with Crippen LogP contribution in [0.15, 0.2) is 38.7 Å². The van der Waals surface area contributed by atoms with Gasteiger partial charge in [-0.2, -0.15) is 26.3 Å². The maximum atomic E-state index is 13.0. The van der Waals surface area contributed by atoms with Crippen LogP contribution in [0.5, 0.6) is 0 Å². The van der Waals surface area contributed by atoms with E-state index < -0.39 is 50.8 Å². The number of nitrogens with one attached hydrogen (secondary N) is 1. The van der Waals surface area contributed by atoms with Crippen molar-refractivity contribution in [1.82, 2.24) is 4.98 Å². The van der Waals surface area contributed by atoms with Crippen LogP contribution < -0.4 is 0 Å². The molecule has 0 bridgehead atoms. The number of halogens is 8. The summed E-state index contributed by atoms with van der Waals surface area (Å²) in [7, 11) is -12.4. The average Bonchev–Trinajstić information content (AvgIpc) is 2.84. The zero-order valence-electron chi connectivity index (χ0n) is 12.3. The average molecular weight is 521 g/mol. The van der Waals surface area contributed by atoms with Crippen LogP contribution in [0.3, 0.4) is 0 Å². The Kier molecular flexibility index (Phi) is 5.45. The van der Waals surface area contributed by atoms with Crippen LogP contribution in [0.25, 0.3) is 11.3 Å². The first-order chi connectivity index (χ1) is 12.0. The maximum Gasteiger partial charge on any atom is 0.503 e. The number of aromatic amines is 1. The van der Waals surface area contributed by atoms with Gasteiger partial charge in [0.05, 0.1) is 10.2 Å². The first-order valence-electron chi connectivity index (χ1n) is 6.32. The largest absolute Gasteiger partial charge is 0.503 e. The third-order valence-electron chi connectivity index (χ3n) is 3.14. The van der Waals surface area contributed by atoms with Gasteiger partial charge in [-0.1, -0.05) is 23.7 Å². The van der Waals surface area contributed by atoms with Crippen LogP contribution in [0, 0.1) is 0 Å². The summed E-state index contributed by atoms with van der Waals surface area (Å²) in [5.41, 5.74) is -13.1. The highest BCUT2D eigenvalue weighted by Crippen LogP contribution is 2.45. The Morgan fingerprint density at radius 3 is 1.70 bits per heavy atom. The molecule has 0 atom stereocenters. The van der Waals surface area contributed by atoms with E-state index in [1.165, 1.54) is 0 Å². The van der Waals surface area contributed by atoms with E-state index in [9.17, 15) is 43.2 Å². The lowest BCUT2D eigenvalue weighted by molar-refractivity contribution is -0.0440. The van der Waals surface area contributed by atoms with Gasteiger partial charge in [0.2, 0.25) is 0 Å². The van der Waals surface area contributed by atoms with Crippen molar-refractivity contribution in [2.75, 3.05) is 0 Å². The first-order valence-corrected chi connectivity index (χ1v) is 10.5. The van der Waals surface area contributed by atoms with Crippen molar-refractivity contribution in [3.63, 3.8) is 0 Å². The van der Waals surface area contributed by atoms with Gasteiger partial charge >= 0.3 is 11.0 Å². The highest BCUT2D eigenvalue weighted by atomic mass is 79.9. The van der Waals surface area contributed by atoms with E-state index in [0.717, 1.165) is 24.3 Å². The van der Waals surface area contributed by atoms with Gasteiger partial charge in [-0.25, -0.2) is 16.8 Å². The number of hydrogen-bond acceptors (Lipinski definition) is 4. The van der Waals surface area contributed by atoms with E-state index in [4.69, 9.17) is 11.6 Å². The summed E-state index contributed by atoms with van der Waals surface area (Å²) < 4.78 is 123. The van der Waals surface area contributed by atoms with Crippen LogP contribution in [0.4, 0.5) is 26.3 Å². The van der Waals surface area contributed by atoms with Crippen molar-refractivity contribution >= 4 is 47.2 Å². The summed E-state index contributed by atoms with van der Waals surface area (Å²) in [5.74, 6) is 0. The minimum atomic E-state index is -6.22. The van der Waals surface area contributed by atoms with E-state index in [2.05, 4.69) is 15.9 Å². The Labute approximate surface area is 161 Å². The summed E-state index contributed by atoms with van der Waals surface area (Å²) in [4.78, 5) is -0.0605. The van der Waals surface area contributed by atoms with Crippen LogP contribution in [-0.4, -0.2) is 32.8 Å². The van der Waals surface area contributed by atoms with Crippen LogP contribution >= 0.6 is 27.5 Å². The zero-order chi connectivity index (χ0) is 21.0. The lowest BCUT2D eigenvalue weighted by atomic mass is 10.2. The second-order valence-corrected chi connectivity index (χ2v) is 9.86. The number of alkyl halides is 6. The van der Waals surface area contributed by atoms with Gasteiger partial charge in [0.15, 0.2) is 5.03 Å². The second-order valence-electron chi connectivity index (χ2n) is 4.88. The molecule has 1 N–H and O–H groups in total. The van der Waals surface area contributed by atoms with Crippen molar-refractivity contribution < 1.29 is 43.2 Å². The fourth-order valence-corrected chi connectivity index (χ4v) is 5.51. The smallest absolute Gasteiger partial charge is 0.343 e. The molecular formula is C12H5BrClF6NO4S2. The van der Waals surface area contributed by atoms with Crippen molar-refractivity contribution in [3.8, 4) is 11.3 Å². The Balaban J connectivity index is 2.96. The molecule has 0 aliphatic rings. The highest BCUT2D eigenvalue weighted by Gasteiger charge is 2.54. The van der Waals surface area contributed by atoms with Gasteiger partial charge in [0.25, 0.3) is 19.7 Å². The van der Waals surface area contributed by atoms with E-state index >= 15 is 0 Å². The van der Waals surface area contributed by atoms with Crippen LogP contribution in [0.2, 0.25) is 5.02 Å². The third-order valence-corrected chi connectivity index (χ3v) is 7.72. The van der Waals surface area contributed by atoms with Crippen molar-refractivity contribution in [1.29, 1.82) is 0 Å². The molecule has 2 aromatic rings. The molecule has 0 amide bonds. The number of aromatic nitrogens is 1. The zero-order valence-corrected chi connectivity index (χ0v) is 16.3. The molecule has 27 heavy (non-hydrogen) atoms. The maximum absolute atomic E-state index is 13.0. The predicted octanol–water partition coefficient (Wildman–Crippen LogP) is 4.68. The molecular weight excluding hydrogens is 516 g/mol. The summed E-state index contributed by atoms with van der Waals surface area (Å²) in [6.45, 7) is 0. The van der Waals surface area contributed by atoms with Crippen molar-refractivity contribution in [3.05, 3.63) is 33.8 Å². The molecule has 1 aromatic heterocycles. The lowest BCUT2D eigenvalue weighted by Crippen LogP contribution is -2.25. The molecule has 15 heteroatoms. The second kappa shape index (κ2) is 6.67. The molecule has 1 aromatic carbocycles. The predicted molar refractivity (Wildman–Crippen MR) is 85.4 cm³/mol. The van der Waals surface area contributed by atoms with E-state index in [-0.39, 0.29) is 10.6 Å². The lowest BCUT2D eigenvalue weighted by Gasteiger charge is -2.10. The van der Waals surface area contributed by atoms with E-state index in [1.54, 1.807) is 4.98 Å². The number of benzene rings is 1. The molecule has 150 valence electrons. The van der Waals surface area contributed by atoms with Gasteiger partial charge in [-0.05, 0) is 33.6 Å². The molecule has 0 unspecified atom stereocenters.